The summed E-state index contributed by atoms with van der Waals surface area (Å²) in [5.41, 5.74) is 2.04. The second-order valence-corrected chi connectivity index (χ2v) is 5.65. The largest absolute Gasteiger partial charge is 0.505 e. The van der Waals surface area contributed by atoms with Crippen molar-refractivity contribution in [2.45, 2.75) is 32.3 Å². The van der Waals surface area contributed by atoms with Crippen molar-refractivity contribution in [3.63, 3.8) is 0 Å². The summed E-state index contributed by atoms with van der Waals surface area (Å²) in [6, 6.07) is 19.6. The van der Waals surface area contributed by atoms with Crippen LogP contribution in [0.15, 0.2) is 73.0 Å². The first-order chi connectivity index (χ1) is 12.2. The Morgan fingerprint density at radius 3 is 1.92 bits per heavy atom. The van der Waals surface area contributed by atoms with Crippen molar-refractivity contribution >= 4 is 5.78 Å². The Morgan fingerprint density at radius 2 is 1.44 bits per heavy atom. The normalized spacial score (nSPS) is 13.5. The molecule has 0 amide bonds. The van der Waals surface area contributed by atoms with E-state index in [0.29, 0.717) is 13.2 Å². The Morgan fingerprint density at radius 1 is 0.920 bits per heavy atom. The van der Waals surface area contributed by atoms with Crippen molar-refractivity contribution in [1.29, 1.82) is 0 Å². The molecule has 0 bridgehead atoms. The predicted octanol–water partition coefficient (Wildman–Crippen LogP) is 3.91. The number of rotatable bonds is 10. The average molecular weight is 340 g/mol. The Labute approximate surface area is 149 Å². The molecule has 2 atom stereocenters. The highest BCUT2D eigenvalue weighted by molar-refractivity contribution is 5.81. The molecule has 0 fully saturated rings. The first-order valence-corrected chi connectivity index (χ1v) is 8.21. The van der Waals surface area contributed by atoms with Gasteiger partial charge in [-0.2, -0.15) is 0 Å². The Kier molecular flexibility index (Phi) is 7.89. The second kappa shape index (κ2) is 10.4. The fraction of sp³-hybridized carbons (Fsp3) is 0.286. The highest BCUT2D eigenvalue weighted by atomic mass is 16.5. The molecule has 0 unspecified atom stereocenters. The Balaban J connectivity index is 2.04. The van der Waals surface area contributed by atoms with Gasteiger partial charge in [-0.3, -0.25) is 4.79 Å². The molecule has 25 heavy (non-hydrogen) atoms. The van der Waals surface area contributed by atoms with Gasteiger partial charge in [-0.05, 0) is 24.1 Å². The maximum absolute atomic E-state index is 12.1. The van der Waals surface area contributed by atoms with E-state index in [1.807, 2.05) is 60.7 Å². The lowest BCUT2D eigenvalue weighted by Crippen LogP contribution is -2.36. The Hall–Kier alpha value is -2.43. The number of benzene rings is 2. The van der Waals surface area contributed by atoms with Crippen LogP contribution in [0.2, 0.25) is 0 Å². The minimum absolute atomic E-state index is 0.0882. The third-order valence-corrected chi connectivity index (χ3v) is 3.66. The molecule has 0 heterocycles. The van der Waals surface area contributed by atoms with E-state index in [2.05, 4.69) is 0 Å². The van der Waals surface area contributed by atoms with Gasteiger partial charge in [0, 0.05) is 0 Å². The molecule has 2 aromatic carbocycles. The molecule has 2 rings (SSSR count). The molecule has 4 heteroatoms. The van der Waals surface area contributed by atoms with Crippen LogP contribution >= 0.6 is 0 Å². The summed E-state index contributed by atoms with van der Waals surface area (Å²) in [5.74, 6) is -0.0882. The van der Waals surface area contributed by atoms with Crippen LogP contribution in [0.4, 0.5) is 0 Å². The summed E-state index contributed by atoms with van der Waals surface area (Å²) in [4.78, 5) is 12.1. The number of carbonyl (C=O) groups excluding carboxylic acids is 1. The van der Waals surface area contributed by atoms with E-state index in [1.54, 1.807) is 13.2 Å². The van der Waals surface area contributed by atoms with Crippen LogP contribution in [0.1, 0.15) is 18.1 Å². The maximum atomic E-state index is 12.1. The van der Waals surface area contributed by atoms with Gasteiger partial charge in [-0.25, -0.2) is 0 Å². The fourth-order valence-electron chi connectivity index (χ4n) is 2.37. The van der Waals surface area contributed by atoms with Crippen LogP contribution in [0.25, 0.3) is 0 Å². The van der Waals surface area contributed by atoms with Crippen molar-refractivity contribution in [3.05, 3.63) is 84.1 Å². The summed E-state index contributed by atoms with van der Waals surface area (Å²) >= 11 is 0. The van der Waals surface area contributed by atoms with Crippen LogP contribution in [0.5, 0.6) is 0 Å². The van der Waals surface area contributed by atoms with Gasteiger partial charge in [0.2, 0.25) is 0 Å². The van der Waals surface area contributed by atoms with Gasteiger partial charge < -0.3 is 14.2 Å². The van der Waals surface area contributed by atoms with E-state index in [4.69, 9.17) is 14.2 Å². The molecule has 0 spiro atoms. The lowest BCUT2D eigenvalue weighted by Gasteiger charge is -2.23. The minimum atomic E-state index is -0.699. The monoisotopic (exact) mass is 340 g/mol. The smallest absolute Gasteiger partial charge is 0.161 e. The van der Waals surface area contributed by atoms with E-state index in [9.17, 15) is 4.79 Å². The molecule has 0 radical (unpaired) electrons. The fourth-order valence-corrected chi connectivity index (χ4v) is 2.37. The molecule has 0 aliphatic rings. The number of ether oxygens (including phenoxy) is 3. The number of Topliss-reactive ketones (excluding diaryl/α,β-unsaturated/α-hetero) is 1. The summed E-state index contributed by atoms with van der Waals surface area (Å²) in [5, 5.41) is 0. The highest BCUT2D eigenvalue weighted by Crippen LogP contribution is 2.14. The highest BCUT2D eigenvalue weighted by Gasteiger charge is 2.25. The summed E-state index contributed by atoms with van der Waals surface area (Å²) in [7, 11) is 1.55. The molecule has 0 saturated carbocycles. The quantitative estimate of drug-likeness (QED) is 0.615. The van der Waals surface area contributed by atoms with Gasteiger partial charge in [0.25, 0.3) is 0 Å². The van der Waals surface area contributed by atoms with Gasteiger partial charge in [0.15, 0.2) is 5.78 Å². The zero-order valence-electron chi connectivity index (χ0n) is 14.6. The molecule has 0 saturated heterocycles. The minimum Gasteiger partial charge on any atom is -0.505 e. The van der Waals surface area contributed by atoms with Crippen molar-refractivity contribution < 1.29 is 19.0 Å². The van der Waals surface area contributed by atoms with Crippen molar-refractivity contribution in [3.8, 4) is 0 Å². The van der Waals surface area contributed by atoms with Crippen LogP contribution in [0.3, 0.4) is 0 Å². The van der Waals surface area contributed by atoms with Crippen molar-refractivity contribution in [2.24, 2.45) is 0 Å². The summed E-state index contributed by atoms with van der Waals surface area (Å²) in [6.07, 6.45) is 1.99. The molecule has 0 aliphatic heterocycles. The van der Waals surface area contributed by atoms with Gasteiger partial charge in [0.05, 0.1) is 26.6 Å². The van der Waals surface area contributed by atoms with E-state index < -0.39 is 12.2 Å². The van der Waals surface area contributed by atoms with Gasteiger partial charge in [-0.15, -0.1) is 0 Å². The van der Waals surface area contributed by atoms with Crippen molar-refractivity contribution in [2.75, 3.05) is 7.11 Å². The zero-order valence-corrected chi connectivity index (χ0v) is 14.6. The van der Waals surface area contributed by atoms with E-state index >= 15 is 0 Å². The van der Waals surface area contributed by atoms with E-state index in [-0.39, 0.29) is 5.78 Å². The van der Waals surface area contributed by atoms with Gasteiger partial charge in [0.1, 0.15) is 12.2 Å². The molecule has 0 aliphatic carbocycles. The first kappa shape index (κ1) is 18.9. The predicted molar refractivity (Wildman–Crippen MR) is 96.9 cm³/mol. The first-order valence-electron chi connectivity index (χ1n) is 8.21. The third-order valence-electron chi connectivity index (χ3n) is 3.66. The lowest BCUT2D eigenvalue weighted by molar-refractivity contribution is -0.139. The van der Waals surface area contributed by atoms with Gasteiger partial charge in [-0.1, -0.05) is 60.7 Å². The molecule has 132 valence electrons. The molecule has 2 aromatic rings. The topological polar surface area (TPSA) is 44.8 Å². The SMILES string of the molecule is CO/C=C/[C@H](OCc1ccccc1)[C@@H](OCc1ccccc1)C(C)=O. The molecular formula is C21H24O4. The zero-order chi connectivity index (χ0) is 17.9. The maximum Gasteiger partial charge on any atom is 0.161 e. The number of hydrogen-bond donors (Lipinski definition) is 0. The van der Waals surface area contributed by atoms with Crippen LogP contribution in [0, 0.1) is 0 Å². The number of carbonyl (C=O) groups is 1. The number of ketones is 1. The number of hydrogen-bond acceptors (Lipinski definition) is 4. The molecule has 0 aromatic heterocycles. The van der Waals surface area contributed by atoms with Crippen LogP contribution in [-0.2, 0) is 32.2 Å². The standard InChI is InChI=1S/C21H24O4/c1-17(22)21(25-16-19-11-7-4-8-12-19)20(13-14-23-2)24-15-18-9-5-3-6-10-18/h3-14,20-21H,15-16H2,1-2H3/b14-13+/t20-,21-/m0/s1. The lowest BCUT2D eigenvalue weighted by atomic mass is 10.1. The molecular weight excluding hydrogens is 316 g/mol. The average Bonchev–Trinajstić information content (AvgIpc) is 2.65. The molecule has 4 nitrogen and oxygen atoms in total. The van der Waals surface area contributed by atoms with Crippen LogP contribution in [-0.4, -0.2) is 25.1 Å². The van der Waals surface area contributed by atoms with E-state index in [1.165, 1.54) is 13.2 Å². The number of methoxy groups -OCH3 is 1. The second-order valence-electron chi connectivity index (χ2n) is 5.65. The van der Waals surface area contributed by atoms with Gasteiger partial charge >= 0.3 is 0 Å². The van der Waals surface area contributed by atoms with E-state index in [0.717, 1.165) is 11.1 Å². The van der Waals surface area contributed by atoms with Crippen molar-refractivity contribution in [1.82, 2.24) is 0 Å². The summed E-state index contributed by atoms with van der Waals surface area (Å²) < 4.78 is 16.8. The molecule has 0 N–H and O–H groups in total. The Bertz CT molecular complexity index is 652. The van der Waals surface area contributed by atoms with Crippen LogP contribution < -0.4 is 0 Å². The summed E-state index contributed by atoms with van der Waals surface area (Å²) in [6.45, 7) is 2.24. The third kappa shape index (κ3) is 6.53.